The van der Waals surface area contributed by atoms with Gasteiger partial charge < -0.3 is 4.74 Å². The molecule has 0 aliphatic rings. The van der Waals surface area contributed by atoms with Crippen molar-refractivity contribution in [2.75, 3.05) is 6.61 Å². The Morgan fingerprint density at radius 3 is 2.42 bits per heavy atom. The first-order valence-electron chi connectivity index (χ1n) is 3.80. The number of hydrogen-bond acceptors (Lipinski definition) is 2. The van der Waals surface area contributed by atoms with Crippen molar-refractivity contribution in [1.29, 1.82) is 0 Å². The number of aliphatic imine (C=N–C) groups is 1. The fourth-order valence-electron chi connectivity index (χ4n) is 0.594. The lowest BCUT2D eigenvalue weighted by Gasteiger charge is -2.06. The molecule has 0 aromatic heterocycles. The molecule has 0 radical (unpaired) electrons. The van der Waals surface area contributed by atoms with Gasteiger partial charge in [0.25, 0.3) is 0 Å². The predicted octanol–water partition coefficient (Wildman–Crippen LogP) is 2.70. The minimum atomic E-state index is 0.500. The number of ether oxygens (including phenoxy) is 1. The van der Waals surface area contributed by atoms with Gasteiger partial charge in [-0.25, -0.2) is 4.99 Å². The van der Waals surface area contributed by atoms with Gasteiger partial charge in [-0.05, 0) is 13.8 Å². The summed E-state index contributed by atoms with van der Waals surface area (Å²) < 4.78 is 5.22. The van der Waals surface area contributed by atoms with E-state index in [9.17, 15) is 0 Å². The van der Waals surface area contributed by atoms with E-state index >= 15 is 0 Å². The molecule has 0 bridgehead atoms. The van der Waals surface area contributed by atoms with Crippen LogP contribution in [0.2, 0.25) is 0 Å². The second kappa shape index (κ2) is 5.35. The maximum absolute atomic E-state index is 5.22. The van der Waals surface area contributed by atoms with Gasteiger partial charge in [0.05, 0.1) is 6.61 Å². The van der Waals surface area contributed by atoms with Crippen LogP contribution in [0.3, 0.4) is 0 Å². The first-order chi connectivity index (χ1) is 5.61. The molecule has 0 aliphatic heterocycles. The molecule has 0 amide bonds. The molecule has 2 nitrogen and oxygen atoms in total. The fraction of sp³-hybridized carbons (Fsp3) is 0.300. The van der Waals surface area contributed by atoms with Crippen LogP contribution in [0.1, 0.15) is 13.8 Å². The minimum absolute atomic E-state index is 0.500. The molecule has 0 aliphatic carbocycles. The van der Waals surface area contributed by atoms with Crippen LogP contribution >= 0.6 is 0 Å². The Morgan fingerprint density at radius 1 is 1.50 bits per heavy atom. The van der Waals surface area contributed by atoms with Crippen molar-refractivity contribution in [3.05, 3.63) is 37.1 Å². The zero-order valence-corrected chi connectivity index (χ0v) is 7.76. The lowest BCUT2D eigenvalue weighted by molar-refractivity contribution is 0.328. The van der Waals surface area contributed by atoms with Gasteiger partial charge in [0.2, 0.25) is 5.90 Å². The summed E-state index contributed by atoms with van der Waals surface area (Å²) in [5, 5.41) is 0. The van der Waals surface area contributed by atoms with E-state index in [1.807, 2.05) is 6.92 Å². The van der Waals surface area contributed by atoms with Crippen molar-refractivity contribution in [2.45, 2.75) is 13.8 Å². The molecule has 0 spiro atoms. The van der Waals surface area contributed by atoms with Gasteiger partial charge in [-0.1, -0.05) is 25.8 Å². The normalized spacial score (nSPS) is 10.7. The molecule has 0 fully saturated rings. The summed E-state index contributed by atoms with van der Waals surface area (Å²) in [6.45, 7) is 15.2. The maximum atomic E-state index is 5.22. The third kappa shape index (κ3) is 3.76. The van der Waals surface area contributed by atoms with E-state index in [1.54, 1.807) is 13.0 Å². The lowest BCUT2D eigenvalue weighted by atomic mass is 10.3. The van der Waals surface area contributed by atoms with Crippen LogP contribution < -0.4 is 0 Å². The molecule has 2 heteroatoms. The third-order valence-electron chi connectivity index (χ3n) is 1.09. The summed E-state index contributed by atoms with van der Waals surface area (Å²) in [5.41, 5.74) is 1.38. The highest BCUT2D eigenvalue weighted by molar-refractivity contribution is 5.96. The average Bonchev–Trinajstić information content (AvgIpc) is 2.01. The van der Waals surface area contributed by atoms with Crippen LogP contribution in [0.25, 0.3) is 0 Å². The van der Waals surface area contributed by atoms with Gasteiger partial charge in [-0.3, -0.25) is 0 Å². The Hall–Kier alpha value is -1.31. The standard InChI is InChI=1S/C10H15NO/c1-6-9(5)10(12-7-2)11-8(3)4/h6H,1,3,5,7H2,2,4H3. The smallest absolute Gasteiger partial charge is 0.220 e. The Kier molecular flexibility index (Phi) is 4.77. The molecule has 12 heavy (non-hydrogen) atoms. The zero-order chi connectivity index (χ0) is 9.56. The predicted molar refractivity (Wildman–Crippen MR) is 53.2 cm³/mol. The van der Waals surface area contributed by atoms with Crippen molar-refractivity contribution in [3.63, 3.8) is 0 Å². The van der Waals surface area contributed by atoms with Gasteiger partial charge in [-0.2, -0.15) is 0 Å². The molecule has 0 atom stereocenters. The first kappa shape index (κ1) is 10.7. The van der Waals surface area contributed by atoms with Crippen LogP contribution in [-0.2, 0) is 4.74 Å². The molecule has 0 aromatic rings. The molecule has 66 valence electrons. The molecule has 0 heterocycles. The lowest BCUT2D eigenvalue weighted by Crippen LogP contribution is -2.05. The van der Waals surface area contributed by atoms with Crippen LogP contribution in [0.5, 0.6) is 0 Å². The highest BCUT2D eigenvalue weighted by Gasteiger charge is 2.00. The highest BCUT2D eigenvalue weighted by atomic mass is 16.5. The second-order valence-electron chi connectivity index (χ2n) is 2.31. The Labute approximate surface area is 74.0 Å². The van der Waals surface area contributed by atoms with Gasteiger partial charge in [0.1, 0.15) is 0 Å². The van der Waals surface area contributed by atoms with Crippen LogP contribution in [0.4, 0.5) is 0 Å². The van der Waals surface area contributed by atoms with Gasteiger partial charge in [0, 0.05) is 11.3 Å². The topological polar surface area (TPSA) is 21.6 Å². The SMILES string of the molecule is C=CC(=C)C(=NC(=C)C)OCC. The highest BCUT2D eigenvalue weighted by Crippen LogP contribution is 2.02. The van der Waals surface area contributed by atoms with E-state index in [4.69, 9.17) is 4.74 Å². The van der Waals surface area contributed by atoms with E-state index in [0.29, 0.717) is 23.8 Å². The fourth-order valence-corrected chi connectivity index (χ4v) is 0.594. The van der Waals surface area contributed by atoms with E-state index < -0.39 is 0 Å². The number of allylic oxidation sites excluding steroid dienone is 1. The molecule has 0 rings (SSSR count). The monoisotopic (exact) mass is 165 g/mol. The van der Waals surface area contributed by atoms with Crippen molar-refractivity contribution >= 4 is 5.90 Å². The number of hydrogen-bond donors (Lipinski definition) is 0. The number of nitrogens with zero attached hydrogens (tertiary/aromatic N) is 1. The summed E-state index contributed by atoms with van der Waals surface area (Å²) in [6.07, 6.45) is 1.61. The van der Waals surface area contributed by atoms with Gasteiger partial charge in [0.15, 0.2) is 0 Å². The van der Waals surface area contributed by atoms with Crippen molar-refractivity contribution in [3.8, 4) is 0 Å². The summed E-state index contributed by atoms with van der Waals surface area (Å²) in [4.78, 5) is 4.07. The maximum Gasteiger partial charge on any atom is 0.220 e. The largest absolute Gasteiger partial charge is 0.478 e. The average molecular weight is 165 g/mol. The molecule has 0 saturated heterocycles. The van der Waals surface area contributed by atoms with Crippen LogP contribution in [0, 0.1) is 0 Å². The third-order valence-corrected chi connectivity index (χ3v) is 1.09. The van der Waals surface area contributed by atoms with Gasteiger partial charge >= 0.3 is 0 Å². The first-order valence-corrected chi connectivity index (χ1v) is 3.80. The van der Waals surface area contributed by atoms with E-state index in [2.05, 4.69) is 24.7 Å². The molecule has 0 unspecified atom stereocenters. The second-order valence-corrected chi connectivity index (χ2v) is 2.31. The van der Waals surface area contributed by atoms with Crippen LogP contribution in [0.15, 0.2) is 42.1 Å². The van der Waals surface area contributed by atoms with E-state index in [-0.39, 0.29) is 0 Å². The van der Waals surface area contributed by atoms with E-state index in [0.717, 1.165) is 0 Å². The van der Waals surface area contributed by atoms with Gasteiger partial charge in [-0.15, -0.1) is 0 Å². The Balaban J connectivity index is 4.53. The zero-order valence-electron chi connectivity index (χ0n) is 7.76. The molecular weight excluding hydrogens is 150 g/mol. The Morgan fingerprint density at radius 2 is 2.08 bits per heavy atom. The summed E-state index contributed by atoms with van der Waals surface area (Å²) in [7, 11) is 0. The summed E-state index contributed by atoms with van der Waals surface area (Å²) in [6, 6.07) is 0. The minimum Gasteiger partial charge on any atom is -0.478 e. The van der Waals surface area contributed by atoms with Crippen molar-refractivity contribution in [1.82, 2.24) is 0 Å². The molecule has 0 aromatic carbocycles. The molecular formula is C10H15NO. The van der Waals surface area contributed by atoms with Crippen molar-refractivity contribution in [2.24, 2.45) is 4.99 Å². The molecule has 0 saturated carbocycles. The van der Waals surface area contributed by atoms with E-state index in [1.165, 1.54) is 0 Å². The molecule has 0 N–H and O–H groups in total. The van der Waals surface area contributed by atoms with Crippen molar-refractivity contribution < 1.29 is 4.74 Å². The summed E-state index contributed by atoms with van der Waals surface area (Å²) >= 11 is 0. The van der Waals surface area contributed by atoms with Crippen LogP contribution in [-0.4, -0.2) is 12.5 Å². The summed E-state index contributed by atoms with van der Waals surface area (Å²) in [5.74, 6) is 0.500. The number of rotatable bonds is 4. The quantitative estimate of drug-likeness (QED) is 0.356. The Bertz CT molecular complexity index is 226.